The van der Waals surface area contributed by atoms with E-state index in [1.165, 1.54) is 18.1 Å². The van der Waals surface area contributed by atoms with Gasteiger partial charge < -0.3 is 15.0 Å². The molecule has 1 atom stereocenters. The third kappa shape index (κ3) is 3.98. The Bertz CT molecular complexity index is 1170. The number of ether oxygens (including phenoxy) is 1. The highest BCUT2D eigenvalue weighted by Gasteiger charge is 2.32. The van der Waals surface area contributed by atoms with Gasteiger partial charge in [-0.2, -0.15) is 0 Å². The molecule has 1 N–H and O–H groups in total. The zero-order valence-corrected chi connectivity index (χ0v) is 18.1. The van der Waals surface area contributed by atoms with Crippen molar-refractivity contribution in [2.75, 3.05) is 6.61 Å². The summed E-state index contributed by atoms with van der Waals surface area (Å²) in [5, 5.41) is 3.03. The Morgan fingerprint density at radius 3 is 2.50 bits per heavy atom. The molecular weight excluding hydrogens is 400 g/mol. The predicted octanol–water partition coefficient (Wildman–Crippen LogP) is 3.88. The van der Waals surface area contributed by atoms with E-state index < -0.39 is 6.04 Å². The standard InChI is InChI=1S/C27H26N2O3/c1-18(30)29-17-24-5-3-2-4-21(24)15-25(29)27(31)28-16-19-6-8-20(9-7-19)22-10-11-26-23(14-22)12-13-32-26/h2-11,14,25H,12-13,15-17H2,1H3,(H,28,31). The summed E-state index contributed by atoms with van der Waals surface area (Å²) in [6, 6.07) is 22.1. The summed E-state index contributed by atoms with van der Waals surface area (Å²) < 4.78 is 5.59. The van der Waals surface area contributed by atoms with Gasteiger partial charge in [-0.1, -0.05) is 54.6 Å². The molecule has 0 radical (unpaired) electrons. The lowest BCUT2D eigenvalue weighted by Gasteiger charge is -2.35. The molecule has 2 aliphatic rings. The van der Waals surface area contributed by atoms with Crippen LogP contribution in [0.15, 0.2) is 66.7 Å². The van der Waals surface area contributed by atoms with Crippen molar-refractivity contribution in [3.63, 3.8) is 0 Å². The molecule has 0 aliphatic carbocycles. The first kappa shape index (κ1) is 20.3. The molecule has 0 saturated carbocycles. The minimum Gasteiger partial charge on any atom is -0.493 e. The molecule has 162 valence electrons. The van der Waals surface area contributed by atoms with Crippen LogP contribution in [0.2, 0.25) is 0 Å². The molecule has 5 heteroatoms. The molecule has 1 unspecified atom stereocenters. The lowest BCUT2D eigenvalue weighted by molar-refractivity contribution is -0.140. The van der Waals surface area contributed by atoms with Crippen molar-refractivity contribution in [2.24, 2.45) is 0 Å². The molecule has 3 aromatic rings. The van der Waals surface area contributed by atoms with Crippen molar-refractivity contribution in [3.8, 4) is 16.9 Å². The van der Waals surface area contributed by atoms with Gasteiger partial charge in [0.05, 0.1) is 6.61 Å². The van der Waals surface area contributed by atoms with Gasteiger partial charge in [-0.15, -0.1) is 0 Å². The number of rotatable bonds is 4. The van der Waals surface area contributed by atoms with E-state index in [9.17, 15) is 9.59 Å². The average molecular weight is 427 g/mol. The summed E-state index contributed by atoms with van der Waals surface area (Å²) >= 11 is 0. The highest BCUT2D eigenvalue weighted by molar-refractivity contribution is 5.87. The van der Waals surface area contributed by atoms with E-state index in [1.54, 1.807) is 4.90 Å². The summed E-state index contributed by atoms with van der Waals surface area (Å²) in [5.41, 5.74) is 6.83. The SMILES string of the molecule is CC(=O)N1Cc2ccccc2CC1C(=O)NCc1ccc(-c2ccc3c(c2)CCO3)cc1. The van der Waals surface area contributed by atoms with Crippen LogP contribution >= 0.6 is 0 Å². The summed E-state index contributed by atoms with van der Waals surface area (Å²) in [6.45, 7) is 3.19. The number of amides is 2. The maximum absolute atomic E-state index is 13.0. The van der Waals surface area contributed by atoms with Gasteiger partial charge in [0, 0.05) is 32.9 Å². The molecule has 5 nitrogen and oxygen atoms in total. The number of nitrogens with zero attached hydrogens (tertiary/aromatic N) is 1. The number of carbonyl (C=O) groups excluding carboxylic acids is 2. The van der Waals surface area contributed by atoms with Gasteiger partial charge in [0.15, 0.2) is 0 Å². The van der Waals surface area contributed by atoms with E-state index in [0.717, 1.165) is 41.0 Å². The maximum Gasteiger partial charge on any atom is 0.243 e. The second kappa shape index (κ2) is 8.50. The van der Waals surface area contributed by atoms with Gasteiger partial charge >= 0.3 is 0 Å². The Morgan fingerprint density at radius 2 is 1.72 bits per heavy atom. The van der Waals surface area contributed by atoms with Crippen LogP contribution in [-0.2, 0) is 35.5 Å². The Morgan fingerprint density at radius 1 is 0.969 bits per heavy atom. The molecule has 0 spiro atoms. The summed E-state index contributed by atoms with van der Waals surface area (Å²) in [7, 11) is 0. The van der Waals surface area contributed by atoms with Crippen LogP contribution in [0.1, 0.15) is 29.2 Å². The van der Waals surface area contributed by atoms with E-state index >= 15 is 0 Å². The Labute approximate surface area is 188 Å². The van der Waals surface area contributed by atoms with Gasteiger partial charge in [0.1, 0.15) is 11.8 Å². The Kier molecular flexibility index (Phi) is 5.39. The lowest BCUT2D eigenvalue weighted by Crippen LogP contribution is -2.51. The van der Waals surface area contributed by atoms with E-state index in [-0.39, 0.29) is 11.8 Å². The van der Waals surface area contributed by atoms with Crippen LogP contribution in [0.3, 0.4) is 0 Å². The molecule has 0 fully saturated rings. The van der Waals surface area contributed by atoms with Crippen LogP contribution in [0, 0.1) is 0 Å². The van der Waals surface area contributed by atoms with E-state index in [2.05, 4.69) is 29.6 Å². The van der Waals surface area contributed by atoms with Crippen molar-refractivity contribution < 1.29 is 14.3 Å². The molecular formula is C27H26N2O3. The van der Waals surface area contributed by atoms with Crippen LogP contribution in [-0.4, -0.2) is 29.4 Å². The van der Waals surface area contributed by atoms with Crippen LogP contribution in [0.25, 0.3) is 11.1 Å². The number of nitrogens with one attached hydrogen (secondary N) is 1. The largest absolute Gasteiger partial charge is 0.493 e. The molecule has 2 amide bonds. The van der Waals surface area contributed by atoms with E-state index in [0.29, 0.717) is 19.5 Å². The predicted molar refractivity (Wildman–Crippen MR) is 123 cm³/mol. The van der Waals surface area contributed by atoms with Crippen LogP contribution in [0.5, 0.6) is 5.75 Å². The minimum absolute atomic E-state index is 0.0799. The summed E-state index contributed by atoms with van der Waals surface area (Å²) in [4.78, 5) is 26.8. The number of hydrogen-bond donors (Lipinski definition) is 1. The fourth-order valence-electron chi connectivity index (χ4n) is 4.58. The third-order valence-corrected chi connectivity index (χ3v) is 6.40. The number of carbonyl (C=O) groups is 2. The van der Waals surface area contributed by atoms with Crippen LogP contribution in [0.4, 0.5) is 0 Å². The maximum atomic E-state index is 13.0. The normalized spacial score (nSPS) is 16.7. The monoisotopic (exact) mass is 426 g/mol. The quantitative estimate of drug-likeness (QED) is 0.689. The summed E-state index contributed by atoms with van der Waals surface area (Å²) in [5.74, 6) is 0.791. The van der Waals surface area contributed by atoms with E-state index in [4.69, 9.17) is 4.74 Å². The molecule has 2 aliphatic heterocycles. The zero-order chi connectivity index (χ0) is 22.1. The summed E-state index contributed by atoms with van der Waals surface area (Å²) in [6.07, 6.45) is 1.50. The molecule has 2 heterocycles. The highest BCUT2D eigenvalue weighted by atomic mass is 16.5. The first-order chi connectivity index (χ1) is 15.6. The number of benzene rings is 3. The highest BCUT2D eigenvalue weighted by Crippen LogP contribution is 2.30. The zero-order valence-electron chi connectivity index (χ0n) is 18.1. The fraction of sp³-hybridized carbons (Fsp3) is 0.259. The van der Waals surface area contributed by atoms with Crippen molar-refractivity contribution in [2.45, 2.75) is 38.9 Å². The molecule has 0 aromatic heterocycles. The smallest absolute Gasteiger partial charge is 0.243 e. The molecule has 32 heavy (non-hydrogen) atoms. The van der Waals surface area contributed by atoms with Gasteiger partial charge in [0.2, 0.25) is 11.8 Å². The number of fused-ring (bicyclic) bond motifs is 2. The van der Waals surface area contributed by atoms with Gasteiger partial charge in [-0.05, 0) is 45.5 Å². The van der Waals surface area contributed by atoms with Crippen molar-refractivity contribution >= 4 is 11.8 Å². The van der Waals surface area contributed by atoms with Crippen molar-refractivity contribution in [3.05, 3.63) is 89.0 Å². The first-order valence-corrected chi connectivity index (χ1v) is 11.1. The van der Waals surface area contributed by atoms with Crippen molar-refractivity contribution in [1.29, 1.82) is 0 Å². The second-order valence-electron chi connectivity index (χ2n) is 8.47. The average Bonchev–Trinajstić information content (AvgIpc) is 3.30. The molecule has 5 rings (SSSR count). The molecule has 3 aromatic carbocycles. The third-order valence-electron chi connectivity index (χ3n) is 6.40. The van der Waals surface area contributed by atoms with Gasteiger partial charge in [-0.3, -0.25) is 9.59 Å². The number of hydrogen-bond acceptors (Lipinski definition) is 3. The van der Waals surface area contributed by atoms with Crippen molar-refractivity contribution in [1.82, 2.24) is 10.2 Å². The Hall–Kier alpha value is -3.60. The topological polar surface area (TPSA) is 58.6 Å². The van der Waals surface area contributed by atoms with E-state index in [1.807, 2.05) is 42.5 Å². The van der Waals surface area contributed by atoms with Crippen LogP contribution < -0.4 is 10.1 Å². The Balaban J connectivity index is 1.25. The molecule has 0 saturated heterocycles. The minimum atomic E-state index is -0.477. The first-order valence-electron chi connectivity index (χ1n) is 11.1. The van der Waals surface area contributed by atoms with Gasteiger partial charge in [0.25, 0.3) is 0 Å². The van der Waals surface area contributed by atoms with Gasteiger partial charge in [-0.25, -0.2) is 0 Å². The second-order valence-corrected chi connectivity index (χ2v) is 8.47. The molecule has 0 bridgehead atoms. The fourth-order valence-corrected chi connectivity index (χ4v) is 4.58. The lowest BCUT2D eigenvalue weighted by atomic mass is 9.93.